The lowest BCUT2D eigenvalue weighted by Gasteiger charge is -2.31. The molecule has 2 aromatic carbocycles. The quantitative estimate of drug-likeness (QED) is 0.575. The number of benzene rings is 2. The molecule has 2 heterocycles. The second kappa shape index (κ2) is 7.95. The van der Waals surface area contributed by atoms with Gasteiger partial charge in [0.25, 0.3) is 0 Å². The van der Waals surface area contributed by atoms with Crippen molar-refractivity contribution in [3.63, 3.8) is 0 Å². The highest BCUT2D eigenvalue weighted by molar-refractivity contribution is 5.36. The molecule has 0 fully saturated rings. The maximum Gasteiger partial charge on any atom is 0.416 e. The molecule has 29 heavy (non-hydrogen) atoms. The van der Waals surface area contributed by atoms with Gasteiger partial charge < -0.3 is 9.30 Å². The fourth-order valence-electron chi connectivity index (χ4n) is 4.16. The predicted molar refractivity (Wildman–Crippen MR) is 106 cm³/mol. The molecular formula is C23H23F3N2O. The van der Waals surface area contributed by atoms with Gasteiger partial charge in [0.05, 0.1) is 18.7 Å². The number of aryl methyl sites for hydroxylation is 1. The fraction of sp³-hybridized carbons (Fsp3) is 0.304. The molecule has 1 aromatic heterocycles. The first kappa shape index (κ1) is 19.6. The summed E-state index contributed by atoms with van der Waals surface area (Å²) in [5.41, 5.74) is 1.83. The summed E-state index contributed by atoms with van der Waals surface area (Å²) in [6.45, 7) is 1.78. The van der Waals surface area contributed by atoms with Crippen molar-refractivity contribution in [1.29, 1.82) is 0 Å². The second-order valence-electron chi connectivity index (χ2n) is 7.28. The van der Waals surface area contributed by atoms with Crippen molar-refractivity contribution >= 4 is 0 Å². The van der Waals surface area contributed by atoms with E-state index in [9.17, 15) is 13.2 Å². The van der Waals surface area contributed by atoms with Crippen LogP contribution in [0, 0.1) is 0 Å². The molecule has 0 saturated carbocycles. The van der Waals surface area contributed by atoms with E-state index >= 15 is 0 Å². The van der Waals surface area contributed by atoms with Crippen molar-refractivity contribution in [3.8, 4) is 5.75 Å². The van der Waals surface area contributed by atoms with E-state index in [1.54, 1.807) is 19.2 Å². The molecule has 1 atom stereocenters. The van der Waals surface area contributed by atoms with Crippen LogP contribution in [0.15, 0.2) is 66.9 Å². The average Bonchev–Trinajstić information content (AvgIpc) is 3.09. The van der Waals surface area contributed by atoms with E-state index in [0.29, 0.717) is 12.1 Å². The summed E-state index contributed by atoms with van der Waals surface area (Å²) < 4.78 is 48.2. The molecule has 3 nitrogen and oxygen atoms in total. The molecule has 3 aromatic rings. The Labute approximate surface area is 168 Å². The van der Waals surface area contributed by atoms with Gasteiger partial charge in [0, 0.05) is 31.5 Å². The van der Waals surface area contributed by atoms with Crippen molar-refractivity contribution in [3.05, 3.63) is 89.2 Å². The summed E-state index contributed by atoms with van der Waals surface area (Å²) in [6, 6.07) is 17.5. The van der Waals surface area contributed by atoms with Gasteiger partial charge >= 0.3 is 6.18 Å². The lowest BCUT2D eigenvalue weighted by Crippen LogP contribution is -2.30. The van der Waals surface area contributed by atoms with Gasteiger partial charge in [-0.25, -0.2) is 0 Å². The third-order valence-corrected chi connectivity index (χ3v) is 5.46. The summed E-state index contributed by atoms with van der Waals surface area (Å²) in [5, 5.41) is 0. The molecule has 0 amide bonds. The Bertz CT molecular complexity index is 980. The van der Waals surface area contributed by atoms with Crippen molar-refractivity contribution in [2.75, 3.05) is 13.7 Å². The number of aromatic nitrogens is 1. The summed E-state index contributed by atoms with van der Waals surface area (Å²) >= 11 is 0. The first-order valence-corrected chi connectivity index (χ1v) is 9.65. The van der Waals surface area contributed by atoms with E-state index in [0.717, 1.165) is 36.0 Å². The van der Waals surface area contributed by atoms with Gasteiger partial charge in [-0.1, -0.05) is 30.3 Å². The van der Waals surface area contributed by atoms with Crippen molar-refractivity contribution in [2.24, 2.45) is 0 Å². The Morgan fingerprint density at radius 1 is 1.00 bits per heavy atom. The Kier molecular flexibility index (Phi) is 5.37. The maximum atomic E-state index is 13.6. The third kappa shape index (κ3) is 4.03. The number of fused-ring (bicyclic) bond motifs is 1. The number of rotatable bonds is 4. The number of hydrogen-bond donors (Lipinski definition) is 0. The highest BCUT2D eigenvalue weighted by Gasteiger charge is 2.35. The molecule has 152 valence electrons. The Hall–Kier alpha value is -2.73. The predicted octanol–water partition coefficient (Wildman–Crippen LogP) is 5.51. The average molecular weight is 400 g/mol. The van der Waals surface area contributed by atoms with Crippen LogP contribution in [-0.4, -0.2) is 23.1 Å². The highest BCUT2D eigenvalue weighted by Crippen LogP contribution is 2.37. The molecule has 0 N–H and O–H groups in total. The Balaban J connectivity index is 1.77. The van der Waals surface area contributed by atoms with E-state index in [1.807, 2.05) is 36.5 Å². The minimum Gasteiger partial charge on any atom is -0.497 e. The molecule has 1 aliphatic heterocycles. The summed E-state index contributed by atoms with van der Waals surface area (Å²) in [6.07, 6.45) is -1.46. The highest BCUT2D eigenvalue weighted by atomic mass is 19.4. The lowest BCUT2D eigenvalue weighted by molar-refractivity contribution is -0.138. The molecule has 0 aliphatic carbocycles. The molecule has 0 radical (unpaired) electrons. The van der Waals surface area contributed by atoms with Crippen LogP contribution in [0.2, 0.25) is 0 Å². The number of hydrogen-bond acceptors (Lipinski definition) is 2. The molecule has 1 unspecified atom stereocenters. The molecule has 0 spiro atoms. The fourth-order valence-corrected chi connectivity index (χ4v) is 4.16. The first-order valence-electron chi connectivity index (χ1n) is 9.65. The summed E-state index contributed by atoms with van der Waals surface area (Å²) in [7, 11) is 1.62. The minimum atomic E-state index is -4.37. The number of nitrogens with zero attached hydrogens (tertiary/aromatic N) is 2. The monoisotopic (exact) mass is 400 g/mol. The van der Waals surface area contributed by atoms with Crippen LogP contribution in [0.5, 0.6) is 5.75 Å². The van der Waals surface area contributed by atoms with Crippen LogP contribution in [0.3, 0.4) is 0 Å². The topological polar surface area (TPSA) is 17.4 Å². The van der Waals surface area contributed by atoms with Crippen LogP contribution in [0.4, 0.5) is 13.2 Å². The van der Waals surface area contributed by atoms with Crippen molar-refractivity contribution in [1.82, 2.24) is 9.47 Å². The molecular weight excluding hydrogens is 377 g/mol. The molecule has 1 aliphatic rings. The van der Waals surface area contributed by atoms with Gasteiger partial charge in [0.1, 0.15) is 5.75 Å². The van der Waals surface area contributed by atoms with E-state index in [2.05, 4.69) is 15.5 Å². The van der Waals surface area contributed by atoms with E-state index in [-0.39, 0.29) is 12.6 Å². The molecule has 6 heteroatoms. The van der Waals surface area contributed by atoms with Crippen molar-refractivity contribution in [2.45, 2.75) is 31.7 Å². The van der Waals surface area contributed by atoms with Gasteiger partial charge in [-0.3, -0.25) is 4.90 Å². The van der Waals surface area contributed by atoms with E-state index in [4.69, 9.17) is 4.74 Å². The maximum absolute atomic E-state index is 13.6. The molecule has 0 saturated heterocycles. The van der Waals surface area contributed by atoms with Crippen molar-refractivity contribution < 1.29 is 17.9 Å². The van der Waals surface area contributed by atoms with Crippen LogP contribution in [-0.2, 0) is 19.3 Å². The Morgan fingerprint density at radius 2 is 1.83 bits per heavy atom. The van der Waals surface area contributed by atoms with Gasteiger partial charge in [0.15, 0.2) is 0 Å². The van der Waals surface area contributed by atoms with E-state index < -0.39 is 11.7 Å². The molecule has 0 bridgehead atoms. The molecule has 4 rings (SSSR count). The SMILES string of the molecule is COc1cccc(C2c3cccn3CCCN2Cc2ccccc2C(F)(F)F)c1. The standard InChI is InChI=1S/C23H23F3N2O/c1-29-19-9-4-8-17(15-19)22-21-11-5-12-27(21)13-6-14-28(22)16-18-7-2-3-10-20(18)23(24,25)26/h2-5,7-12,15,22H,6,13-14,16H2,1H3. The largest absolute Gasteiger partial charge is 0.497 e. The van der Waals surface area contributed by atoms with Gasteiger partial charge in [-0.15, -0.1) is 0 Å². The minimum absolute atomic E-state index is 0.149. The van der Waals surface area contributed by atoms with Gasteiger partial charge in [-0.05, 0) is 47.9 Å². The summed E-state index contributed by atoms with van der Waals surface area (Å²) in [5.74, 6) is 0.737. The van der Waals surface area contributed by atoms with Gasteiger partial charge in [0.2, 0.25) is 0 Å². The smallest absolute Gasteiger partial charge is 0.416 e. The zero-order valence-corrected chi connectivity index (χ0v) is 16.2. The number of methoxy groups -OCH3 is 1. The van der Waals surface area contributed by atoms with Crippen LogP contribution in [0.1, 0.15) is 34.8 Å². The normalized spacial score (nSPS) is 17.6. The van der Waals surface area contributed by atoms with Gasteiger partial charge in [-0.2, -0.15) is 13.2 Å². The zero-order chi connectivity index (χ0) is 20.4. The second-order valence-corrected chi connectivity index (χ2v) is 7.28. The summed E-state index contributed by atoms with van der Waals surface area (Å²) in [4.78, 5) is 2.14. The number of halogens is 3. The van der Waals surface area contributed by atoms with Crippen LogP contribution >= 0.6 is 0 Å². The first-order chi connectivity index (χ1) is 14.0. The third-order valence-electron chi connectivity index (χ3n) is 5.46. The van der Waals surface area contributed by atoms with Crippen LogP contribution < -0.4 is 4.74 Å². The van der Waals surface area contributed by atoms with E-state index in [1.165, 1.54) is 6.07 Å². The number of alkyl halides is 3. The van der Waals surface area contributed by atoms with Crippen LogP contribution in [0.25, 0.3) is 0 Å². The Morgan fingerprint density at radius 3 is 2.62 bits per heavy atom. The zero-order valence-electron chi connectivity index (χ0n) is 16.2. The lowest BCUT2D eigenvalue weighted by atomic mass is 9.99. The number of ether oxygens (including phenoxy) is 1.